The topological polar surface area (TPSA) is 62.7 Å². The maximum absolute atomic E-state index is 9.83. The minimum Gasteiger partial charge on any atom is -0.500 e. The Morgan fingerprint density at radius 1 is 0.808 bits per heavy atom. The van der Waals surface area contributed by atoms with Gasteiger partial charge in [0.15, 0.2) is 0 Å². The van der Waals surface area contributed by atoms with Gasteiger partial charge in [0.1, 0.15) is 5.58 Å². The van der Waals surface area contributed by atoms with E-state index in [2.05, 4.69) is 80.2 Å². The molecule has 4 heterocycles. The minimum atomic E-state index is -1.17. The fourth-order valence-corrected chi connectivity index (χ4v) is 9.09. The van der Waals surface area contributed by atoms with E-state index in [4.69, 9.17) is 4.42 Å². The molecule has 3 aromatic heterocycles. The molecule has 1 radical (unpaired) electrons. The van der Waals surface area contributed by atoms with Crippen LogP contribution in [0.4, 0.5) is 0 Å². The van der Waals surface area contributed by atoms with Gasteiger partial charge in [-0.1, -0.05) is 111 Å². The number of aromatic nitrogens is 2. The second kappa shape index (κ2) is 15.5. The predicted octanol–water partition coefficient (Wildman–Crippen LogP) is 12.4. The molecule has 0 saturated carbocycles. The van der Waals surface area contributed by atoms with Crippen molar-refractivity contribution in [2.24, 2.45) is 0 Å². The Morgan fingerprint density at radius 2 is 1.52 bits per heavy atom. The Kier molecular flexibility index (Phi) is 10.7. The van der Waals surface area contributed by atoms with E-state index in [1.807, 2.05) is 97.3 Å². The number of nitriles is 1. The van der Waals surface area contributed by atoms with E-state index in [-0.39, 0.29) is 25.5 Å². The van der Waals surface area contributed by atoms with Crippen molar-refractivity contribution < 1.29 is 25.9 Å². The van der Waals surface area contributed by atoms with Crippen molar-refractivity contribution in [3.05, 3.63) is 144 Å². The van der Waals surface area contributed by atoms with Gasteiger partial charge in [-0.25, -0.2) is 0 Å². The molecule has 0 spiro atoms. The van der Waals surface area contributed by atoms with Crippen LogP contribution in [0.15, 0.2) is 120 Å². The number of nitrogens with zero attached hydrogens (tertiary/aromatic N) is 3. The van der Waals surface area contributed by atoms with E-state index in [0.717, 1.165) is 62.8 Å². The van der Waals surface area contributed by atoms with Crippen LogP contribution in [-0.4, -0.2) is 18.0 Å². The quantitative estimate of drug-likeness (QED) is 0.131. The van der Waals surface area contributed by atoms with Crippen molar-refractivity contribution in [2.75, 3.05) is 0 Å². The molecule has 1 aliphatic heterocycles. The van der Waals surface area contributed by atoms with Gasteiger partial charge in [0, 0.05) is 52.9 Å². The zero-order valence-corrected chi connectivity index (χ0v) is 33.8. The second-order valence-electron chi connectivity index (χ2n) is 15.2. The molecule has 52 heavy (non-hydrogen) atoms. The monoisotopic (exact) mass is 875 g/mol. The Bertz CT molecular complexity index is 2400. The van der Waals surface area contributed by atoms with Gasteiger partial charge in [-0.05, 0) is 64.9 Å². The van der Waals surface area contributed by atoms with Crippen molar-refractivity contribution in [1.82, 2.24) is 9.97 Å². The predicted molar refractivity (Wildman–Crippen MR) is 212 cm³/mol. The number of hydrogen-bond donors (Lipinski definition) is 0. The van der Waals surface area contributed by atoms with Crippen LogP contribution in [0.25, 0.3) is 55.6 Å². The molecule has 0 atom stereocenters. The number of pyridine rings is 2. The van der Waals surface area contributed by atoms with Crippen LogP contribution in [0.1, 0.15) is 57.6 Å². The first-order valence-corrected chi connectivity index (χ1v) is 21.1. The molecule has 4 aromatic carbocycles. The van der Waals surface area contributed by atoms with Crippen LogP contribution < -0.4 is 0 Å². The normalized spacial score (nSPS) is 15.1. The summed E-state index contributed by atoms with van der Waals surface area (Å²) < 4.78 is 15.8. The van der Waals surface area contributed by atoms with Gasteiger partial charge in [-0.2, -0.15) is 5.26 Å². The SMILES string of the molecule is CC(C)(C)c1ccnc(-c2[c-]cccc2)c1.[2H]C1(c2ccnc(-c3[c-]ccc4c3oc3c(-c5ccccc5)c(C#N)ccc34)c2)CC[Si](C)(C)CC1.[Ir]. The summed E-state index contributed by atoms with van der Waals surface area (Å²) in [6.45, 7) is 11.5. The molecular formula is C46H43IrN3OSi-2. The molecule has 263 valence electrons. The molecule has 0 bridgehead atoms. The summed E-state index contributed by atoms with van der Waals surface area (Å²) >= 11 is 0. The molecule has 7 aromatic rings. The van der Waals surface area contributed by atoms with Crippen molar-refractivity contribution >= 4 is 30.0 Å². The van der Waals surface area contributed by atoms with E-state index in [1.165, 1.54) is 17.7 Å². The van der Waals surface area contributed by atoms with Crippen LogP contribution in [0.2, 0.25) is 25.2 Å². The van der Waals surface area contributed by atoms with Crippen LogP contribution >= 0.6 is 0 Å². The van der Waals surface area contributed by atoms with Crippen molar-refractivity contribution in [3.8, 4) is 39.7 Å². The number of benzene rings is 4. The molecule has 4 nitrogen and oxygen atoms in total. The number of furan rings is 1. The Morgan fingerprint density at radius 3 is 2.23 bits per heavy atom. The summed E-state index contributed by atoms with van der Waals surface area (Å²) in [4.78, 5) is 9.07. The van der Waals surface area contributed by atoms with E-state index in [1.54, 1.807) is 0 Å². The third-order valence-corrected chi connectivity index (χ3v) is 13.2. The van der Waals surface area contributed by atoms with Gasteiger partial charge in [0.2, 0.25) is 0 Å². The van der Waals surface area contributed by atoms with Crippen molar-refractivity contribution in [3.63, 3.8) is 0 Å². The van der Waals surface area contributed by atoms with Gasteiger partial charge < -0.3 is 14.4 Å². The van der Waals surface area contributed by atoms with Gasteiger partial charge >= 0.3 is 0 Å². The summed E-state index contributed by atoms with van der Waals surface area (Å²) in [6.07, 6.45) is 5.50. The molecule has 6 heteroatoms. The Hall–Kier alpha value is -4.66. The van der Waals surface area contributed by atoms with E-state index in [0.29, 0.717) is 16.7 Å². The number of fused-ring (bicyclic) bond motifs is 3. The largest absolute Gasteiger partial charge is 0.500 e. The van der Waals surface area contributed by atoms with E-state index >= 15 is 0 Å². The van der Waals surface area contributed by atoms with Crippen LogP contribution in [0.3, 0.4) is 0 Å². The van der Waals surface area contributed by atoms with Gasteiger partial charge in [0.25, 0.3) is 0 Å². The fraction of sp³-hybridized carbons (Fsp3) is 0.239. The molecular weight excluding hydrogens is 831 g/mol. The van der Waals surface area contributed by atoms with Crippen LogP contribution in [0, 0.1) is 23.5 Å². The molecule has 0 unspecified atom stereocenters. The third kappa shape index (κ3) is 7.88. The van der Waals surface area contributed by atoms with Gasteiger partial charge in [-0.15, -0.1) is 54.1 Å². The summed E-state index contributed by atoms with van der Waals surface area (Å²) in [5, 5.41) is 11.8. The molecule has 0 N–H and O–H groups in total. The smallest absolute Gasteiger partial charge is 0.130 e. The first kappa shape index (κ1) is 35.7. The number of rotatable bonds is 4. The summed E-state index contributed by atoms with van der Waals surface area (Å²) in [7, 11) is -1.17. The van der Waals surface area contributed by atoms with E-state index < -0.39 is 14.0 Å². The molecule has 8 rings (SSSR count). The fourth-order valence-electron chi connectivity index (χ4n) is 6.88. The maximum Gasteiger partial charge on any atom is 0.130 e. The van der Waals surface area contributed by atoms with E-state index in [9.17, 15) is 6.63 Å². The number of hydrogen-bond acceptors (Lipinski definition) is 4. The standard InChI is InChI=1S/C31H27N2OSi.C15H16N.Ir/c1-35(2)17-14-21(15-18-35)23-13-16-33-28(19-23)27-10-6-9-25-26-12-11-24(20-32)29(31(26)34-30(25)27)22-7-4-3-5-8-22;1-15(2,3)13-9-10-16-14(11-13)12-7-5-4-6-8-12;/h3-9,11-13,16,19,21H,14-15,17-18H2,1-2H3;4-7,9-11H,1-3H3;/q2*-1;/i21D;;. The van der Waals surface area contributed by atoms with Crippen LogP contribution in [-0.2, 0) is 25.5 Å². The Labute approximate surface area is 323 Å². The molecule has 1 saturated heterocycles. The van der Waals surface area contributed by atoms with Gasteiger partial charge in [-0.3, -0.25) is 0 Å². The minimum absolute atomic E-state index is 0. The first-order valence-electron chi connectivity index (χ1n) is 18.2. The molecule has 1 fully saturated rings. The third-order valence-electron chi connectivity index (χ3n) is 10.0. The molecule has 0 aliphatic carbocycles. The van der Waals surface area contributed by atoms with Crippen molar-refractivity contribution in [2.45, 2.75) is 70.1 Å². The summed E-state index contributed by atoms with van der Waals surface area (Å²) in [5.74, 6) is -0.565. The summed E-state index contributed by atoms with van der Waals surface area (Å²) in [6, 6.07) is 45.1. The first-order chi connectivity index (χ1) is 25.0. The zero-order valence-electron chi connectivity index (χ0n) is 31.4. The average molecular weight is 875 g/mol. The zero-order chi connectivity index (χ0) is 36.5. The Balaban J connectivity index is 0.000000238. The van der Waals surface area contributed by atoms with Crippen molar-refractivity contribution in [1.29, 1.82) is 5.26 Å². The average Bonchev–Trinajstić information content (AvgIpc) is 3.55. The maximum atomic E-state index is 9.83. The van der Waals surface area contributed by atoms with Crippen LogP contribution in [0.5, 0.6) is 0 Å². The van der Waals surface area contributed by atoms with Gasteiger partial charge in [0.05, 0.1) is 17.2 Å². The summed E-state index contributed by atoms with van der Waals surface area (Å²) in [5.41, 5.74) is 9.83. The molecule has 0 amide bonds. The second-order valence-corrected chi connectivity index (χ2v) is 20.5. The molecule has 1 aliphatic rings.